The van der Waals surface area contributed by atoms with Gasteiger partial charge in [-0.25, -0.2) is 9.69 Å². The van der Waals surface area contributed by atoms with Crippen LogP contribution in [0.5, 0.6) is 0 Å². The minimum absolute atomic E-state index is 0.200. The van der Waals surface area contributed by atoms with Gasteiger partial charge in [-0.05, 0) is 49.1 Å². The molecule has 3 aromatic carbocycles. The van der Waals surface area contributed by atoms with E-state index in [0.717, 1.165) is 17.5 Å². The Bertz CT molecular complexity index is 1030. The van der Waals surface area contributed by atoms with Gasteiger partial charge in [-0.3, -0.25) is 4.79 Å². The maximum absolute atomic E-state index is 13.2. The lowest BCUT2D eigenvalue weighted by Crippen LogP contribution is -2.43. The fraction of sp³-hybridized carbons (Fsp3) is 0.200. The molecule has 4 nitrogen and oxygen atoms in total. The Hall–Kier alpha value is -3.40. The van der Waals surface area contributed by atoms with Crippen LogP contribution in [0.2, 0.25) is 0 Å². The molecule has 1 saturated heterocycles. The topological polar surface area (TPSA) is 40.6 Å². The zero-order valence-electron chi connectivity index (χ0n) is 16.7. The average molecular weight is 384 g/mol. The summed E-state index contributed by atoms with van der Waals surface area (Å²) < 4.78 is 0. The molecular weight excluding hydrogens is 360 g/mol. The Labute approximate surface area is 171 Å². The first-order valence-corrected chi connectivity index (χ1v) is 9.80. The number of hydrogen-bond donors (Lipinski definition) is 0. The molecule has 0 spiro atoms. The van der Waals surface area contributed by atoms with Gasteiger partial charge >= 0.3 is 6.03 Å². The van der Waals surface area contributed by atoms with Crippen LogP contribution in [-0.4, -0.2) is 22.4 Å². The zero-order valence-corrected chi connectivity index (χ0v) is 16.7. The van der Waals surface area contributed by atoms with Crippen LogP contribution in [0.1, 0.15) is 30.5 Å². The minimum Gasteiger partial charge on any atom is -0.305 e. The maximum Gasteiger partial charge on any atom is 0.332 e. The largest absolute Gasteiger partial charge is 0.332 e. The number of para-hydroxylation sites is 1. The van der Waals surface area contributed by atoms with Gasteiger partial charge in [0.1, 0.15) is 5.54 Å². The Morgan fingerprint density at radius 2 is 1.28 bits per heavy atom. The summed E-state index contributed by atoms with van der Waals surface area (Å²) in [6, 6.07) is 27.2. The number of benzene rings is 3. The number of urea groups is 1. The molecule has 3 aromatic rings. The summed E-state index contributed by atoms with van der Waals surface area (Å²) in [5.74, 6) is -0.200. The van der Waals surface area contributed by atoms with Crippen LogP contribution in [0.3, 0.4) is 0 Å². The lowest BCUT2D eigenvalue weighted by molar-refractivity contribution is -0.123. The Morgan fingerprint density at radius 1 is 0.724 bits per heavy atom. The van der Waals surface area contributed by atoms with E-state index in [1.807, 2.05) is 68.4 Å². The second kappa shape index (κ2) is 7.55. The second-order valence-corrected chi connectivity index (χ2v) is 7.83. The molecule has 0 N–H and O–H groups in total. The van der Waals surface area contributed by atoms with Gasteiger partial charge in [-0.2, -0.15) is 0 Å². The number of carbonyl (C=O) groups excluding carboxylic acids is 2. The third-order valence-electron chi connectivity index (χ3n) is 5.52. The van der Waals surface area contributed by atoms with Gasteiger partial charge in [0.2, 0.25) is 0 Å². The van der Waals surface area contributed by atoms with E-state index in [0.29, 0.717) is 12.2 Å². The maximum atomic E-state index is 13.2. The molecule has 146 valence electrons. The minimum atomic E-state index is -0.910. The molecule has 0 aliphatic carbocycles. The van der Waals surface area contributed by atoms with Crippen LogP contribution in [0.25, 0.3) is 0 Å². The van der Waals surface area contributed by atoms with Gasteiger partial charge in [-0.15, -0.1) is 0 Å². The molecule has 1 fully saturated rings. The van der Waals surface area contributed by atoms with Crippen molar-refractivity contribution in [1.29, 1.82) is 0 Å². The third kappa shape index (κ3) is 3.54. The normalized spacial score (nSPS) is 15.8. The van der Waals surface area contributed by atoms with Gasteiger partial charge < -0.3 is 4.90 Å². The SMILES string of the molecule is CC1(C)C(=O)N(c2ccccc2)C(=O)N1Cc1ccccc1Cc1ccccc1. The van der Waals surface area contributed by atoms with E-state index in [9.17, 15) is 9.59 Å². The van der Waals surface area contributed by atoms with Crippen LogP contribution < -0.4 is 4.90 Å². The molecule has 4 heteroatoms. The standard InChI is InChI=1S/C25H24N2O2/c1-25(2)23(28)27(22-15-7-4-8-16-22)24(29)26(25)18-21-14-10-9-13-20(21)17-19-11-5-3-6-12-19/h3-16H,17-18H2,1-2H3. The van der Waals surface area contributed by atoms with Crippen LogP contribution in [-0.2, 0) is 17.8 Å². The molecular formula is C25H24N2O2. The van der Waals surface area contributed by atoms with Crippen molar-refractivity contribution in [3.05, 3.63) is 102 Å². The molecule has 0 aromatic heterocycles. The molecule has 0 atom stereocenters. The fourth-order valence-electron chi connectivity index (χ4n) is 3.78. The van der Waals surface area contributed by atoms with Gasteiger partial charge in [0.25, 0.3) is 5.91 Å². The number of rotatable bonds is 5. The van der Waals surface area contributed by atoms with E-state index < -0.39 is 5.54 Å². The number of imide groups is 1. The molecule has 4 rings (SSSR count). The predicted octanol–water partition coefficient (Wildman–Crippen LogP) is 5.02. The van der Waals surface area contributed by atoms with Crippen molar-refractivity contribution < 1.29 is 9.59 Å². The highest BCUT2D eigenvalue weighted by Gasteiger charge is 2.51. The first-order valence-electron chi connectivity index (χ1n) is 9.80. The van der Waals surface area contributed by atoms with Crippen molar-refractivity contribution in [2.75, 3.05) is 4.90 Å². The number of anilines is 1. The van der Waals surface area contributed by atoms with Crippen molar-refractivity contribution in [1.82, 2.24) is 4.90 Å². The summed E-state index contributed by atoms with van der Waals surface area (Å²) in [6.07, 6.45) is 0.788. The molecule has 1 heterocycles. The number of amides is 3. The van der Waals surface area contributed by atoms with Gasteiger partial charge in [0.05, 0.1) is 5.69 Å². The van der Waals surface area contributed by atoms with E-state index in [2.05, 4.69) is 18.2 Å². The first kappa shape index (κ1) is 18.9. The summed E-state index contributed by atoms with van der Waals surface area (Å²) in [7, 11) is 0. The quantitative estimate of drug-likeness (QED) is 0.579. The average Bonchev–Trinajstić information content (AvgIpc) is 2.90. The van der Waals surface area contributed by atoms with Crippen LogP contribution in [0.15, 0.2) is 84.9 Å². The van der Waals surface area contributed by atoms with Crippen molar-refractivity contribution in [3.8, 4) is 0 Å². The van der Waals surface area contributed by atoms with Gasteiger partial charge in [0, 0.05) is 6.54 Å². The first-order chi connectivity index (χ1) is 14.0. The molecule has 0 unspecified atom stereocenters. The molecule has 1 aliphatic rings. The summed E-state index contributed by atoms with van der Waals surface area (Å²) >= 11 is 0. The number of carbonyl (C=O) groups is 2. The van der Waals surface area contributed by atoms with Crippen LogP contribution in [0.4, 0.5) is 10.5 Å². The van der Waals surface area contributed by atoms with Crippen LogP contribution in [0, 0.1) is 0 Å². The summed E-state index contributed by atoms with van der Waals surface area (Å²) in [5.41, 5.74) is 3.13. The second-order valence-electron chi connectivity index (χ2n) is 7.83. The number of hydrogen-bond acceptors (Lipinski definition) is 2. The Kier molecular flexibility index (Phi) is 4.93. The Morgan fingerprint density at radius 3 is 1.93 bits per heavy atom. The highest BCUT2D eigenvalue weighted by atomic mass is 16.2. The van der Waals surface area contributed by atoms with E-state index >= 15 is 0 Å². The van der Waals surface area contributed by atoms with Crippen molar-refractivity contribution in [3.63, 3.8) is 0 Å². The monoisotopic (exact) mass is 384 g/mol. The smallest absolute Gasteiger partial charge is 0.305 e. The lowest BCUT2D eigenvalue weighted by atomic mass is 9.97. The summed E-state index contributed by atoms with van der Waals surface area (Å²) in [5, 5.41) is 0. The molecule has 3 amide bonds. The van der Waals surface area contributed by atoms with Crippen LogP contribution >= 0.6 is 0 Å². The highest BCUT2D eigenvalue weighted by Crippen LogP contribution is 2.33. The molecule has 0 radical (unpaired) electrons. The van der Waals surface area contributed by atoms with E-state index in [1.54, 1.807) is 17.0 Å². The van der Waals surface area contributed by atoms with Crippen molar-refractivity contribution in [2.24, 2.45) is 0 Å². The Balaban J connectivity index is 1.64. The van der Waals surface area contributed by atoms with Crippen molar-refractivity contribution >= 4 is 17.6 Å². The highest BCUT2D eigenvalue weighted by molar-refractivity contribution is 6.22. The molecule has 0 saturated carbocycles. The van der Waals surface area contributed by atoms with Gasteiger partial charge in [0.15, 0.2) is 0 Å². The molecule has 29 heavy (non-hydrogen) atoms. The van der Waals surface area contributed by atoms with E-state index in [1.165, 1.54) is 10.5 Å². The molecule has 1 aliphatic heterocycles. The van der Waals surface area contributed by atoms with E-state index in [-0.39, 0.29) is 11.9 Å². The summed E-state index contributed by atoms with van der Waals surface area (Å²) in [4.78, 5) is 29.3. The fourth-order valence-corrected chi connectivity index (χ4v) is 3.78. The summed E-state index contributed by atoms with van der Waals surface area (Å²) in [6.45, 7) is 4.02. The predicted molar refractivity (Wildman–Crippen MR) is 115 cm³/mol. The van der Waals surface area contributed by atoms with E-state index in [4.69, 9.17) is 0 Å². The molecule has 0 bridgehead atoms. The van der Waals surface area contributed by atoms with Crippen molar-refractivity contribution in [2.45, 2.75) is 32.4 Å². The lowest BCUT2D eigenvalue weighted by Gasteiger charge is -2.28. The zero-order chi connectivity index (χ0) is 20.4. The van der Waals surface area contributed by atoms with Gasteiger partial charge in [-0.1, -0.05) is 72.8 Å². The third-order valence-corrected chi connectivity index (χ3v) is 5.52. The number of nitrogens with zero attached hydrogens (tertiary/aromatic N) is 2.